The van der Waals surface area contributed by atoms with Gasteiger partial charge in [-0.1, -0.05) is 35.5 Å². The molecule has 5 heteroatoms. The fraction of sp³-hybridized carbons (Fsp3) is 0.562. The van der Waals surface area contributed by atoms with E-state index in [0.29, 0.717) is 6.42 Å². The van der Waals surface area contributed by atoms with E-state index in [1.165, 1.54) is 5.56 Å². The van der Waals surface area contributed by atoms with Crippen molar-refractivity contribution in [1.29, 1.82) is 0 Å². The Kier molecular flexibility index (Phi) is 5.20. The molecule has 0 radical (unpaired) electrons. The average molecular weight is 291 g/mol. The van der Waals surface area contributed by atoms with Gasteiger partial charge in [-0.05, 0) is 31.9 Å². The number of benzene rings is 1. The number of nitrogens with two attached hydrogens (primary N) is 1. The molecule has 2 unspecified atom stereocenters. The number of methoxy groups -OCH3 is 1. The van der Waals surface area contributed by atoms with Crippen LogP contribution in [0.5, 0.6) is 0 Å². The van der Waals surface area contributed by atoms with Crippen LogP contribution in [0.2, 0.25) is 0 Å². The van der Waals surface area contributed by atoms with Crippen LogP contribution in [0.3, 0.4) is 0 Å². The van der Waals surface area contributed by atoms with Crippen molar-refractivity contribution >= 4 is 5.84 Å². The van der Waals surface area contributed by atoms with E-state index in [0.717, 1.165) is 25.9 Å². The maximum absolute atomic E-state index is 8.90. The molecule has 0 aromatic heterocycles. The zero-order valence-electron chi connectivity index (χ0n) is 12.8. The third-order valence-corrected chi connectivity index (χ3v) is 4.34. The van der Waals surface area contributed by atoms with Crippen LogP contribution in [-0.4, -0.2) is 41.7 Å². The molecule has 5 nitrogen and oxygen atoms in total. The molecule has 0 spiro atoms. The molecule has 0 saturated carbocycles. The number of hydrogen-bond acceptors (Lipinski definition) is 4. The summed E-state index contributed by atoms with van der Waals surface area (Å²) < 4.78 is 5.67. The zero-order valence-corrected chi connectivity index (χ0v) is 12.8. The highest BCUT2D eigenvalue weighted by Crippen LogP contribution is 2.32. The number of hydrogen-bond donors (Lipinski definition) is 2. The smallest absolute Gasteiger partial charge is 0.141 e. The van der Waals surface area contributed by atoms with Gasteiger partial charge in [0.05, 0.1) is 5.60 Å². The maximum atomic E-state index is 8.90. The van der Waals surface area contributed by atoms with Crippen LogP contribution in [0, 0.1) is 0 Å². The predicted molar refractivity (Wildman–Crippen MR) is 83.4 cm³/mol. The van der Waals surface area contributed by atoms with Crippen molar-refractivity contribution in [1.82, 2.24) is 4.90 Å². The molecule has 1 heterocycles. The highest BCUT2D eigenvalue weighted by atomic mass is 16.5. The molecular weight excluding hydrogens is 266 g/mol. The third kappa shape index (κ3) is 3.95. The molecule has 1 saturated heterocycles. The quantitative estimate of drug-likeness (QED) is 0.378. The highest BCUT2D eigenvalue weighted by Gasteiger charge is 2.34. The van der Waals surface area contributed by atoms with Gasteiger partial charge < -0.3 is 15.7 Å². The van der Waals surface area contributed by atoms with Gasteiger partial charge in [0.15, 0.2) is 0 Å². The van der Waals surface area contributed by atoms with Crippen LogP contribution in [0.25, 0.3) is 0 Å². The first-order valence-electron chi connectivity index (χ1n) is 7.38. The van der Waals surface area contributed by atoms with Crippen molar-refractivity contribution in [2.75, 3.05) is 20.2 Å². The summed E-state index contributed by atoms with van der Waals surface area (Å²) in [5.41, 5.74) is 6.82. The number of nitrogens with zero attached hydrogens (tertiary/aromatic N) is 2. The Morgan fingerprint density at radius 3 is 2.81 bits per heavy atom. The van der Waals surface area contributed by atoms with Gasteiger partial charge >= 0.3 is 0 Å². The lowest BCUT2D eigenvalue weighted by Gasteiger charge is -2.43. The lowest BCUT2D eigenvalue weighted by Crippen LogP contribution is -2.49. The van der Waals surface area contributed by atoms with Crippen molar-refractivity contribution < 1.29 is 9.94 Å². The first-order chi connectivity index (χ1) is 10.1. The van der Waals surface area contributed by atoms with E-state index in [4.69, 9.17) is 15.7 Å². The van der Waals surface area contributed by atoms with E-state index in [2.05, 4.69) is 29.1 Å². The van der Waals surface area contributed by atoms with Crippen molar-refractivity contribution in [2.45, 2.75) is 37.8 Å². The summed E-state index contributed by atoms with van der Waals surface area (Å²) in [5.74, 6) is 0.258. The summed E-state index contributed by atoms with van der Waals surface area (Å²) in [4.78, 5) is 2.38. The van der Waals surface area contributed by atoms with Crippen molar-refractivity contribution in [3.05, 3.63) is 35.9 Å². The molecule has 1 fully saturated rings. The molecule has 0 aliphatic carbocycles. The van der Waals surface area contributed by atoms with E-state index in [1.807, 2.05) is 18.2 Å². The highest BCUT2D eigenvalue weighted by molar-refractivity contribution is 5.80. The van der Waals surface area contributed by atoms with Gasteiger partial charge in [-0.15, -0.1) is 0 Å². The third-order valence-electron chi connectivity index (χ3n) is 4.34. The molecule has 3 N–H and O–H groups in total. The number of oxime groups is 1. The normalized spacial score (nSPS) is 25.7. The van der Waals surface area contributed by atoms with Crippen molar-refractivity contribution in [3.63, 3.8) is 0 Å². The van der Waals surface area contributed by atoms with Crippen LogP contribution in [0.1, 0.15) is 37.8 Å². The second kappa shape index (κ2) is 6.91. The molecule has 0 bridgehead atoms. The lowest BCUT2D eigenvalue weighted by molar-refractivity contribution is -0.0611. The minimum absolute atomic E-state index is 0.108. The minimum atomic E-state index is -0.129. The van der Waals surface area contributed by atoms with E-state index in [-0.39, 0.29) is 17.5 Å². The molecule has 2 rings (SSSR count). The molecule has 116 valence electrons. The Morgan fingerprint density at radius 2 is 2.19 bits per heavy atom. The number of ether oxygens (including phenoxy) is 1. The topological polar surface area (TPSA) is 71.1 Å². The Morgan fingerprint density at radius 1 is 1.48 bits per heavy atom. The molecule has 1 aromatic rings. The van der Waals surface area contributed by atoms with Gasteiger partial charge in [0.25, 0.3) is 0 Å². The average Bonchev–Trinajstić information content (AvgIpc) is 2.53. The first-order valence-corrected chi connectivity index (χ1v) is 7.38. The van der Waals surface area contributed by atoms with E-state index in [1.54, 1.807) is 7.11 Å². The summed E-state index contributed by atoms with van der Waals surface area (Å²) in [5, 5.41) is 12.0. The zero-order chi connectivity index (χ0) is 15.3. The lowest BCUT2D eigenvalue weighted by atomic mass is 9.91. The monoisotopic (exact) mass is 291 g/mol. The van der Waals surface area contributed by atoms with E-state index in [9.17, 15) is 0 Å². The minimum Gasteiger partial charge on any atom is -0.409 e. The largest absolute Gasteiger partial charge is 0.409 e. The number of amidine groups is 1. The summed E-state index contributed by atoms with van der Waals surface area (Å²) >= 11 is 0. The standard InChI is InChI=1S/C16H25N3O2/c1-16(21-2)9-6-10-19(12-16)14(11-15(17)18-20)13-7-4-3-5-8-13/h3-5,7-8,14,20H,6,9-12H2,1-2H3,(H2,17,18). The first kappa shape index (κ1) is 15.8. The van der Waals surface area contributed by atoms with Gasteiger partial charge in [-0.2, -0.15) is 0 Å². The summed E-state index contributed by atoms with van der Waals surface area (Å²) in [6.45, 7) is 3.99. The van der Waals surface area contributed by atoms with Crippen LogP contribution in [0.15, 0.2) is 35.5 Å². The van der Waals surface area contributed by atoms with E-state index >= 15 is 0 Å². The summed E-state index contributed by atoms with van der Waals surface area (Å²) in [7, 11) is 1.77. The number of likely N-dealkylation sites (tertiary alicyclic amines) is 1. The molecule has 21 heavy (non-hydrogen) atoms. The second-order valence-electron chi connectivity index (χ2n) is 5.95. The van der Waals surface area contributed by atoms with Crippen molar-refractivity contribution in [3.8, 4) is 0 Å². The molecule has 1 aliphatic heterocycles. The molecule has 0 amide bonds. The van der Waals surface area contributed by atoms with Crippen molar-refractivity contribution in [2.24, 2.45) is 10.9 Å². The molecule has 2 atom stereocenters. The molecule has 1 aromatic carbocycles. The Bertz CT molecular complexity index is 478. The van der Waals surface area contributed by atoms with Gasteiger partial charge in [0.2, 0.25) is 0 Å². The summed E-state index contributed by atoms with van der Waals surface area (Å²) in [6, 6.07) is 10.3. The second-order valence-corrected chi connectivity index (χ2v) is 5.95. The Balaban J connectivity index is 2.23. The Labute approximate surface area is 126 Å². The molecule has 1 aliphatic rings. The van der Waals surface area contributed by atoms with Gasteiger partial charge in [0, 0.05) is 26.1 Å². The van der Waals surface area contributed by atoms with Crippen LogP contribution >= 0.6 is 0 Å². The fourth-order valence-electron chi connectivity index (χ4n) is 3.05. The van der Waals surface area contributed by atoms with Crippen LogP contribution in [0.4, 0.5) is 0 Å². The van der Waals surface area contributed by atoms with Crippen LogP contribution in [-0.2, 0) is 4.74 Å². The summed E-state index contributed by atoms with van der Waals surface area (Å²) in [6.07, 6.45) is 2.66. The van der Waals surface area contributed by atoms with Gasteiger partial charge in [0.1, 0.15) is 5.84 Å². The fourth-order valence-corrected chi connectivity index (χ4v) is 3.05. The SMILES string of the molecule is COC1(C)CCCN(C(C/C(N)=N/O)c2ccccc2)C1. The number of piperidine rings is 1. The Hall–Kier alpha value is -1.59. The van der Waals surface area contributed by atoms with Gasteiger partial charge in [-0.25, -0.2) is 0 Å². The van der Waals surface area contributed by atoms with E-state index < -0.39 is 0 Å². The van der Waals surface area contributed by atoms with Crippen LogP contribution < -0.4 is 5.73 Å². The maximum Gasteiger partial charge on any atom is 0.141 e. The number of rotatable bonds is 5. The predicted octanol–water partition coefficient (Wildman–Crippen LogP) is 2.37. The van der Waals surface area contributed by atoms with Gasteiger partial charge in [-0.3, -0.25) is 4.90 Å². The molecular formula is C16H25N3O2.